The minimum absolute atomic E-state index is 0.573. The summed E-state index contributed by atoms with van der Waals surface area (Å²) in [6.07, 6.45) is 1.10. The summed E-state index contributed by atoms with van der Waals surface area (Å²) in [4.78, 5) is 0. The number of hydrogen-bond donors (Lipinski definition) is 1. The van der Waals surface area contributed by atoms with Crippen LogP contribution >= 0.6 is 0 Å². The predicted molar refractivity (Wildman–Crippen MR) is 67.0 cm³/mol. The Labute approximate surface area is 97.3 Å². The molecule has 1 aliphatic rings. The van der Waals surface area contributed by atoms with Crippen molar-refractivity contribution in [2.45, 2.75) is 19.3 Å². The lowest BCUT2D eigenvalue weighted by molar-refractivity contribution is 0.265. The van der Waals surface area contributed by atoms with Gasteiger partial charge >= 0.3 is 0 Å². The smallest absolute Gasteiger partial charge is 0.122 e. The molecule has 1 aliphatic heterocycles. The number of para-hydroxylation sites is 1. The molecule has 0 bridgehead atoms. The van der Waals surface area contributed by atoms with Crippen molar-refractivity contribution in [3.8, 4) is 5.75 Å². The van der Waals surface area contributed by atoms with Crippen LogP contribution in [0, 0.1) is 0 Å². The summed E-state index contributed by atoms with van der Waals surface area (Å²) >= 11 is 0. The molecule has 0 amide bonds. The van der Waals surface area contributed by atoms with E-state index in [2.05, 4.69) is 30.1 Å². The van der Waals surface area contributed by atoms with Gasteiger partial charge in [0.1, 0.15) is 5.75 Å². The second-order valence-corrected chi connectivity index (χ2v) is 4.46. The molecular weight excluding hydrogens is 198 g/mol. The fourth-order valence-corrected chi connectivity index (χ4v) is 2.09. The van der Waals surface area contributed by atoms with Crippen molar-refractivity contribution in [3.05, 3.63) is 42.0 Å². The standard InChI is InChI=1S/C14H19NO/c1-11(2)9-15-10-12-7-8-16-14-6-4-3-5-13(12)14/h3-6,12,15H,1,7-10H2,2H3. The fraction of sp³-hybridized carbons (Fsp3) is 0.429. The highest BCUT2D eigenvalue weighted by molar-refractivity contribution is 5.37. The van der Waals surface area contributed by atoms with E-state index in [0.29, 0.717) is 5.92 Å². The van der Waals surface area contributed by atoms with Gasteiger partial charge in [-0.3, -0.25) is 0 Å². The van der Waals surface area contributed by atoms with E-state index in [1.165, 1.54) is 11.1 Å². The maximum atomic E-state index is 5.64. The first-order valence-electron chi connectivity index (χ1n) is 5.84. The zero-order valence-corrected chi connectivity index (χ0v) is 9.83. The Hall–Kier alpha value is -1.28. The van der Waals surface area contributed by atoms with Crippen molar-refractivity contribution >= 4 is 0 Å². The average Bonchev–Trinajstić information content (AvgIpc) is 2.29. The molecule has 1 heterocycles. The number of rotatable bonds is 4. The minimum Gasteiger partial charge on any atom is -0.493 e. The van der Waals surface area contributed by atoms with Crippen molar-refractivity contribution in [3.63, 3.8) is 0 Å². The second-order valence-electron chi connectivity index (χ2n) is 4.46. The van der Waals surface area contributed by atoms with E-state index >= 15 is 0 Å². The highest BCUT2D eigenvalue weighted by atomic mass is 16.5. The third-order valence-electron chi connectivity index (χ3n) is 2.90. The van der Waals surface area contributed by atoms with Crippen LogP contribution in [0.25, 0.3) is 0 Å². The number of nitrogens with one attached hydrogen (secondary N) is 1. The Morgan fingerprint density at radius 2 is 2.31 bits per heavy atom. The maximum Gasteiger partial charge on any atom is 0.122 e. The molecule has 1 unspecified atom stereocenters. The summed E-state index contributed by atoms with van der Waals surface area (Å²) in [7, 11) is 0. The van der Waals surface area contributed by atoms with E-state index in [0.717, 1.165) is 31.9 Å². The molecule has 0 saturated heterocycles. The van der Waals surface area contributed by atoms with Gasteiger partial charge in [-0.15, -0.1) is 0 Å². The van der Waals surface area contributed by atoms with Gasteiger partial charge in [0.05, 0.1) is 6.61 Å². The first-order chi connectivity index (χ1) is 7.77. The zero-order valence-electron chi connectivity index (χ0n) is 9.83. The molecule has 0 fully saturated rings. The quantitative estimate of drug-likeness (QED) is 0.783. The van der Waals surface area contributed by atoms with Gasteiger partial charge < -0.3 is 10.1 Å². The first-order valence-corrected chi connectivity index (χ1v) is 5.84. The number of benzene rings is 1. The van der Waals surface area contributed by atoms with E-state index in [-0.39, 0.29) is 0 Å². The van der Waals surface area contributed by atoms with Crippen LogP contribution in [0.1, 0.15) is 24.8 Å². The van der Waals surface area contributed by atoms with Crippen LogP contribution in [0.3, 0.4) is 0 Å². The minimum atomic E-state index is 0.573. The molecule has 2 heteroatoms. The summed E-state index contributed by atoms with van der Waals surface area (Å²) in [6.45, 7) is 8.68. The Morgan fingerprint density at radius 1 is 1.50 bits per heavy atom. The Morgan fingerprint density at radius 3 is 3.12 bits per heavy atom. The monoisotopic (exact) mass is 217 g/mol. The summed E-state index contributed by atoms with van der Waals surface area (Å²) in [6, 6.07) is 8.34. The van der Waals surface area contributed by atoms with Crippen LogP contribution in [0.15, 0.2) is 36.4 Å². The van der Waals surface area contributed by atoms with Crippen LogP contribution in [0.4, 0.5) is 0 Å². The van der Waals surface area contributed by atoms with E-state index in [1.54, 1.807) is 0 Å². The Balaban J connectivity index is 1.99. The second kappa shape index (κ2) is 5.17. The van der Waals surface area contributed by atoms with Gasteiger partial charge in [0.15, 0.2) is 0 Å². The molecule has 1 N–H and O–H groups in total. The van der Waals surface area contributed by atoms with Crippen LogP contribution < -0.4 is 10.1 Å². The topological polar surface area (TPSA) is 21.3 Å². The van der Waals surface area contributed by atoms with E-state index in [9.17, 15) is 0 Å². The lowest BCUT2D eigenvalue weighted by Gasteiger charge is -2.26. The lowest BCUT2D eigenvalue weighted by Crippen LogP contribution is -2.26. The van der Waals surface area contributed by atoms with Gasteiger partial charge in [-0.25, -0.2) is 0 Å². The molecule has 0 aromatic heterocycles. The molecule has 1 aromatic rings. The van der Waals surface area contributed by atoms with Gasteiger partial charge in [0.2, 0.25) is 0 Å². The van der Waals surface area contributed by atoms with Crippen molar-refractivity contribution in [2.75, 3.05) is 19.7 Å². The van der Waals surface area contributed by atoms with Gasteiger partial charge in [0, 0.05) is 19.0 Å². The molecule has 1 atom stereocenters. The molecule has 86 valence electrons. The SMILES string of the molecule is C=C(C)CNCC1CCOc2ccccc21. The van der Waals surface area contributed by atoms with Crippen LogP contribution in [-0.2, 0) is 0 Å². The Bertz CT molecular complexity index is 373. The van der Waals surface area contributed by atoms with Crippen LogP contribution in [-0.4, -0.2) is 19.7 Å². The summed E-state index contributed by atoms with van der Waals surface area (Å²) in [5, 5.41) is 3.44. The molecule has 2 rings (SSSR count). The van der Waals surface area contributed by atoms with E-state index in [1.807, 2.05) is 13.0 Å². The largest absolute Gasteiger partial charge is 0.493 e. The average molecular weight is 217 g/mol. The Kier molecular flexibility index (Phi) is 3.62. The van der Waals surface area contributed by atoms with Gasteiger partial charge in [-0.05, 0) is 25.0 Å². The van der Waals surface area contributed by atoms with E-state index < -0.39 is 0 Å². The molecule has 1 aromatic carbocycles. The predicted octanol–water partition coefficient (Wildman–Crippen LogP) is 2.72. The molecule has 16 heavy (non-hydrogen) atoms. The highest BCUT2D eigenvalue weighted by Crippen LogP contribution is 2.32. The van der Waals surface area contributed by atoms with Crippen LogP contribution in [0.5, 0.6) is 5.75 Å². The van der Waals surface area contributed by atoms with Crippen LogP contribution in [0.2, 0.25) is 0 Å². The number of hydrogen-bond acceptors (Lipinski definition) is 2. The van der Waals surface area contributed by atoms with E-state index in [4.69, 9.17) is 4.74 Å². The normalized spacial score (nSPS) is 18.7. The molecule has 0 aliphatic carbocycles. The molecule has 0 spiro atoms. The molecule has 0 radical (unpaired) electrons. The zero-order chi connectivity index (χ0) is 11.4. The summed E-state index contributed by atoms with van der Waals surface area (Å²) in [5.41, 5.74) is 2.52. The van der Waals surface area contributed by atoms with Crippen molar-refractivity contribution < 1.29 is 4.74 Å². The van der Waals surface area contributed by atoms with Crippen molar-refractivity contribution in [1.82, 2.24) is 5.32 Å². The number of ether oxygens (including phenoxy) is 1. The van der Waals surface area contributed by atoms with Crippen molar-refractivity contribution in [1.29, 1.82) is 0 Å². The van der Waals surface area contributed by atoms with Crippen molar-refractivity contribution in [2.24, 2.45) is 0 Å². The van der Waals surface area contributed by atoms with Gasteiger partial charge in [-0.2, -0.15) is 0 Å². The first kappa shape index (κ1) is 11.2. The molecule has 2 nitrogen and oxygen atoms in total. The molecule has 0 saturated carbocycles. The fourth-order valence-electron chi connectivity index (χ4n) is 2.09. The number of fused-ring (bicyclic) bond motifs is 1. The molecular formula is C14H19NO. The third kappa shape index (κ3) is 2.64. The van der Waals surface area contributed by atoms with Gasteiger partial charge in [0.25, 0.3) is 0 Å². The third-order valence-corrected chi connectivity index (χ3v) is 2.90. The maximum absolute atomic E-state index is 5.64. The summed E-state index contributed by atoms with van der Waals surface area (Å²) < 4.78 is 5.64. The lowest BCUT2D eigenvalue weighted by atomic mass is 9.93. The summed E-state index contributed by atoms with van der Waals surface area (Å²) in [5.74, 6) is 1.63. The highest BCUT2D eigenvalue weighted by Gasteiger charge is 2.20. The van der Waals surface area contributed by atoms with Gasteiger partial charge in [-0.1, -0.05) is 30.4 Å².